The summed E-state index contributed by atoms with van der Waals surface area (Å²) >= 11 is 0. The lowest BCUT2D eigenvalue weighted by Gasteiger charge is -2.16. The van der Waals surface area contributed by atoms with Gasteiger partial charge in [-0.05, 0) is 33.2 Å². The molecule has 4 heteroatoms. The van der Waals surface area contributed by atoms with Crippen molar-refractivity contribution in [1.82, 2.24) is 0 Å². The molecule has 3 aromatic carbocycles. The largest absolute Gasteiger partial charge is 0.407 e. The van der Waals surface area contributed by atoms with Crippen LogP contribution in [0.5, 0.6) is 0 Å². The number of fused-ring (bicyclic) bond motifs is 3. The Balaban J connectivity index is 2.26. The van der Waals surface area contributed by atoms with Crippen LogP contribution in [-0.4, -0.2) is 6.18 Å². The minimum absolute atomic E-state index is 0.0846. The SMILES string of the molecule is N[C@H](c1ccc2ccc3ccccc3c2c1)C(F)(F)F. The van der Waals surface area contributed by atoms with Gasteiger partial charge in [0, 0.05) is 0 Å². The number of nitrogens with two attached hydrogens (primary N) is 1. The van der Waals surface area contributed by atoms with E-state index in [-0.39, 0.29) is 5.56 Å². The molecule has 0 fully saturated rings. The maximum absolute atomic E-state index is 12.7. The molecule has 2 N–H and O–H groups in total. The van der Waals surface area contributed by atoms with Crippen LogP contribution in [0.1, 0.15) is 11.6 Å². The summed E-state index contributed by atoms with van der Waals surface area (Å²) in [7, 11) is 0. The highest BCUT2D eigenvalue weighted by atomic mass is 19.4. The van der Waals surface area contributed by atoms with E-state index in [0.717, 1.165) is 21.5 Å². The molecular formula is C16H12F3N. The predicted molar refractivity (Wildman–Crippen MR) is 74.4 cm³/mol. The third kappa shape index (κ3) is 2.12. The van der Waals surface area contributed by atoms with Crippen LogP contribution in [0.25, 0.3) is 21.5 Å². The first-order valence-electron chi connectivity index (χ1n) is 6.20. The van der Waals surface area contributed by atoms with Crippen molar-refractivity contribution in [2.24, 2.45) is 5.73 Å². The Morgan fingerprint density at radius 3 is 2.10 bits per heavy atom. The van der Waals surface area contributed by atoms with E-state index in [4.69, 9.17) is 5.73 Å². The zero-order valence-corrected chi connectivity index (χ0v) is 10.5. The predicted octanol–water partition coefficient (Wildman–Crippen LogP) is 4.56. The van der Waals surface area contributed by atoms with Crippen molar-refractivity contribution in [1.29, 1.82) is 0 Å². The van der Waals surface area contributed by atoms with Crippen molar-refractivity contribution >= 4 is 21.5 Å². The molecule has 3 aromatic rings. The van der Waals surface area contributed by atoms with E-state index >= 15 is 0 Å². The lowest BCUT2D eigenvalue weighted by Crippen LogP contribution is -2.28. The van der Waals surface area contributed by atoms with Gasteiger partial charge < -0.3 is 5.73 Å². The Hall–Kier alpha value is -2.07. The molecular weight excluding hydrogens is 263 g/mol. The van der Waals surface area contributed by atoms with E-state index in [0.29, 0.717) is 0 Å². The Labute approximate surface area is 113 Å². The first kappa shape index (κ1) is 12.9. The van der Waals surface area contributed by atoms with Crippen molar-refractivity contribution < 1.29 is 13.2 Å². The zero-order chi connectivity index (χ0) is 14.3. The van der Waals surface area contributed by atoms with Crippen molar-refractivity contribution in [2.45, 2.75) is 12.2 Å². The average molecular weight is 275 g/mol. The highest BCUT2D eigenvalue weighted by Crippen LogP contribution is 2.33. The molecule has 0 saturated carbocycles. The second-order valence-electron chi connectivity index (χ2n) is 4.79. The van der Waals surface area contributed by atoms with E-state index in [1.54, 1.807) is 6.07 Å². The summed E-state index contributed by atoms with van der Waals surface area (Å²) < 4.78 is 38.2. The molecule has 0 aliphatic rings. The third-order valence-electron chi connectivity index (χ3n) is 3.48. The number of hydrogen-bond acceptors (Lipinski definition) is 1. The summed E-state index contributed by atoms with van der Waals surface area (Å²) in [6, 6.07) is 14.2. The lowest BCUT2D eigenvalue weighted by molar-refractivity contribution is -0.149. The molecule has 0 heterocycles. The second kappa shape index (κ2) is 4.49. The van der Waals surface area contributed by atoms with E-state index in [1.165, 1.54) is 12.1 Å². The minimum atomic E-state index is -4.43. The first-order valence-corrected chi connectivity index (χ1v) is 6.20. The number of alkyl halides is 3. The van der Waals surface area contributed by atoms with Crippen LogP contribution in [0.15, 0.2) is 54.6 Å². The molecule has 3 rings (SSSR count). The summed E-state index contributed by atoms with van der Waals surface area (Å²) in [6.45, 7) is 0. The van der Waals surface area contributed by atoms with Gasteiger partial charge in [0.2, 0.25) is 0 Å². The molecule has 20 heavy (non-hydrogen) atoms. The zero-order valence-electron chi connectivity index (χ0n) is 10.5. The van der Waals surface area contributed by atoms with Gasteiger partial charge in [-0.1, -0.05) is 48.5 Å². The van der Waals surface area contributed by atoms with Gasteiger partial charge in [-0.2, -0.15) is 13.2 Å². The fraction of sp³-hybridized carbons (Fsp3) is 0.125. The normalized spacial score (nSPS) is 13.8. The standard InChI is InChI=1S/C16H12F3N/c17-16(18,19)15(20)12-8-7-11-6-5-10-3-1-2-4-13(10)14(11)9-12/h1-9,15H,20H2/t15-/m1/s1. The highest BCUT2D eigenvalue weighted by Gasteiger charge is 2.37. The maximum Gasteiger partial charge on any atom is 0.407 e. The van der Waals surface area contributed by atoms with Gasteiger partial charge in [-0.25, -0.2) is 0 Å². The minimum Gasteiger partial charge on any atom is -0.316 e. The molecule has 0 saturated heterocycles. The molecule has 1 nitrogen and oxygen atoms in total. The van der Waals surface area contributed by atoms with Crippen LogP contribution in [-0.2, 0) is 0 Å². The Kier molecular flexibility index (Phi) is 2.91. The quantitative estimate of drug-likeness (QED) is 0.647. The van der Waals surface area contributed by atoms with E-state index in [2.05, 4.69) is 0 Å². The number of rotatable bonds is 1. The average Bonchev–Trinajstić information content (AvgIpc) is 2.45. The van der Waals surface area contributed by atoms with Crippen molar-refractivity contribution in [3.8, 4) is 0 Å². The van der Waals surface area contributed by atoms with Crippen molar-refractivity contribution in [3.05, 3.63) is 60.2 Å². The van der Waals surface area contributed by atoms with E-state index in [1.807, 2.05) is 36.4 Å². The van der Waals surface area contributed by atoms with Gasteiger partial charge in [-0.3, -0.25) is 0 Å². The third-order valence-corrected chi connectivity index (χ3v) is 3.48. The number of halogens is 3. The van der Waals surface area contributed by atoms with Gasteiger partial charge in [0.1, 0.15) is 6.04 Å². The fourth-order valence-electron chi connectivity index (χ4n) is 2.40. The molecule has 0 bridgehead atoms. The summed E-state index contributed by atoms with van der Waals surface area (Å²) in [6.07, 6.45) is -4.43. The monoisotopic (exact) mass is 275 g/mol. The van der Waals surface area contributed by atoms with Gasteiger partial charge in [0.25, 0.3) is 0 Å². The molecule has 0 aliphatic carbocycles. The van der Waals surface area contributed by atoms with Crippen LogP contribution in [0.2, 0.25) is 0 Å². The molecule has 1 atom stereocenters. The fourth-order valence-corrected chi connectivity index (χ4v) is 2.40. The topological polar surface area (TPSA) is 26.0 Å². The Morgan fingerprint density at radius 1 is 0.800 bits per heavy atom. The van der Waals surface area contributed by atoms with Crippen LogP contribution in [0, 0.1) is 0 Å². The van der Waals surface area contributed by atoms with Crippen molar-refractivity contribution in [3.63, 3.8) is 0 Å². The smallest absolute Gasteiger partial charge is 0.316 e. The summed E-state index contributed by atoms with van der Waals surface area (Å²) in [4.78, 5) is 0. The van der Waals surface area contributed by atoms with E-state index < -0.39 is 12.2 Å². The Morgan fingerprint density at radius 2 is 1.40 bits per heavy atom. The molecule has 0 spiro atoms. The molecule has 0 radical (unpaired) electrons. The van der Waals surface area contributed by atoms with Gasteiger partial charge in [0.15, 0.2) is 0 Å². The van der Waals surface area contributed by atoms with E-state index in [9.17, 15) is 13.2 Å². The molecule has 102 valence electrons. The van der Waals surface area contributed by atoms with Crippen LogP contribution < -0.4 is 5.73 Å². The first-order chi connectivity index (χ1) is 9.47. The number of hydrogen-bond donors (Lipinski definition) is 1. The maximum atomic E-state index is 12.7. The van der Waals surface area contributed by atoms with Crippen LogP contribution >= 0.6 is 0 Å². The summed E-state index contributed by atoms with van der Waals surface area (Å²) in [5.74, 6) is 0. The van der Waals surface area contributed by atoms with Gasteiger partial charge in [-0.15, -0.1) is 0 Å². The lowest BCUT2D eigenvalue weighted by atomic mass is 9.97. The van der Waals surface area contributed by atoms with Crippen LogP contribution in [0.3, 0.4) is 0 Å². The van der Waals surface area contributed by atoms with Crippen molar-refractivity contribution in [2.75, 3.05) is 0 Å². The van der Waals surface area contributed by atoms with Gasteiger partial charge >= 0.3 is 6.18 Å². The number of benzene rings is 3. The van der Waals surface area contributed by atoms with Gasteiger partial charge in [0.05, 0.1) is 0 Å². The second-order valence-corrected chi connectivity index (χ2v) is 4.79. The molecule has 0 aliphatic heterocycles. The molecule has 0 aromatic heterocycles. The van der Waals surface area contributed by atoms with Crippen LogP contribution in [0.4, 0.5) is 13.2 Å². The Bertz CT molecular complexity index is 777. The molecule has 0 amide bonds. The summed E-state index contributed by atoms with van der Waals surface area (Å²) in [5.41, 5.74) is 5.37. The highest BCUT2D eigenvalue weighted by molar-refractivity contribution is 6.07. The molecule has 0 unspecified atom stereocenters. The summed E-state index contributed by atoms with van der Waals surface area (Å²) in [5, 5.41) is 3.63.